The lowest BCUT2D eigenvalue weighted by molar-refractivity contribution is 0.0595. The fourth-order valence-electron chi connectivity index (χ4n) is 1.92. The molecular weight excluding hydrogens is 198 g/mol. The Bertz CT molecular complexity index is 349. The van der Waals surface area contributed by atoms with Crippen LogP contribution in [0.2, 0.25) is 5.02 Å². The van der Waals surface area contributed by atoms with Gasteiger partial charge >= 0.3 is 0 Å². The van der Waals surface area contributed by atoms with Crippen molar-refractivity contribution in [3.8, 4) is 0 Å². The molecule has 1 atom stereocenters. The van der Waals surface area contributed by atoms with Crippen LogP contribution < -0.4 is 5.32 Å². The maximum Gasteiger partial charge on any atom is 0.0995 e. The normalized spacial score (nSPS) is 26.8. The van der Waals surface area contributed by atoms with Crippen LogP contribution in [0, 0.1) is 0 Å². The SMILES string of the molecule is C[C@@]1(O)CNCCc2ccc(Cl)cc21. The molecule has 1 aromatic rings. The number of benzene rings is 1. The Morgan fingerprint density at radius 3 is 3.07 bits per heavy atom. The number of rotatable bonds is 0. The first-order chi connectivity index (χ1) is 6.59. The van der Waals surface area contributed by atoms with Crippen molar-refractivity contribution in [3.63, 3.8) is 0 Å². The van der Waals surface area contributed by atoms with Gasteiger partial charge in [0.1, 0.15) is 0 Å². The molecule has 0 bridgehead atoms. The molecule has 0 unspecified atom stereocenters. The summed E-state index contributed by atoms with van der Waals surface area (Å²) in [7, 11) is 0. The maximum atomic E-state index is 10.2. The van der Waals surface area contributed by atoms with Gasteiger partial charge in [-0.15, -0.1) is 0 Å². The summed E-state index contributed by atoms with van der Waals surface area (Å²) in [5, 5.41) is 14.1. The van der Waals surface area contributed by atoms with Gasteiger partial charge in [0.15, 0.2) is 0 Å². The first kappa shape index (κ1) is 9.97. The van der Waals surface area contributed by atoms with Crippen molar-refractivity contribution in [2.45, 2.75) is 18.9 Å². The van der Waals surface area contributed by atoms with Gasteiger partial charge in [0.25, 0.3) is 0 Å². The number of aliphatic hydroxyl groups is 1. The molecule has 0 saturated carbocycles. The molecule has 14 heavy (non-hydrogen) atoms. The summed E-state index contributed by atoms with van der Waals surface area (Å²) >= 11 is 5.93. The van der Waals surface area contributed by atoms with E-state index >= 15 is 0 Å². The summed E-state index contributed by atoms with van der Waals surface area (Å²) < 4.78 is 0. The van der Waals surface area contributed by atoms with E-state index in [1.807, 2.05) is 25.1 Å². The van der Waals surface area contributed by atoms with Crippen molar-refractivity contribution in [2.24, 2.45) is 0 Å². The van der Waals surface area contributed by atoms with Gasteiger partial charge in [0.2, 0.25) is 0 Å². The lowest BCUT2D eigenvalue weighted by Crippen LogP contribution is -2.33. The first-order valence-electron chi connectivity index (χ1n) is 4.81. The highest BCUT2D eigenvalue weighted by Gasteiger charge is 2.27. The fraction of sp³-hybridized carbons (Fsp3) is 0.455. The molecule has 2 rings (SSSR count). The second kappa shape index (κ2) is 3.54. The van der Waals surface area contributed by atoms with Gasteiger partial charge in [-0.25, -0.2) is 0 Å². The minimum absolute atomic E-state index is 0.584. The van der Waals surface area contributed by atoms with E-state index in [9.17, 15) is 5.11 Å². The standard InChI is InChI=1S/C11H14ClNO/c1-11(14)7-13-5-4-8-2-3-9(12)6-10(8)11/h2-3,6,13-14H,4-5,7H2,1H3/t11-/m1/s1. The average molecular weight is 212 g/mol. The Morgan fingerprint density at radius 1 is 1.50 bits per heavy atom. The second-order valence-corrected chi connectivity index (χ2v) is 4.44. The van der Waals surface area contributed by atoms with Crippen molar-refractivity contribution < 1.29 is 5.11 Å². The van der Waals surface area contributed by atoms with E-state index in [0.717, 1.165) is 18.5 Å². The minimum Gasteiger partial charge on any atom is -0.384 e. The summed E-state index contributed by atoms with van der Waals surface area (Å²) in [5.74, 6) is 0. The topological polar surface area (TPSA) is 32.3 Å². The highest BCUT2D eigenvalue weighted by atomic mass is 35.5. The first-order valence-corrected chi connectivity index (χ1v) is 5.19. The van der Waals surface area contributed by atoms with E-state index in [2.05, 4.69) is 5.32 Å². The molecule has 0 saturated heterocycles. The zero-order valence-corrected chi connectivity index (χ0v) is 8.93. The third-order valence-electron chi connectivity index (χ3n) is 2.69. The fourth-order valence-corrected chi connectivity index (χ4v) is 2.09. The monoisotopic (exact) mass is 211 g/mol. The van der Waals surface area contributed by atoms with Gasteiger partial charge in [0, 0.05) is 11.6 Å². The number of halogens is 1. The van der Waals surface area contributed by atoms with Gasteiger partial charge < -0.3 is 10.4 Å². The van der Waals surface area contributed by atoms with Gasteiger partial charge in [0.05, 0.1) is 5.60 Å². The van der Waals surface area contributed by atoms with Crippen molar-refractivity contribution in [3.05, 3.63) is 34.3 Å². The molecule has 0 fully saturated rings. The van der Waals surface area contributed by atoms with Gasteiger partial charge in [-0.3, -0.25) is 0 Å². The molecule has 1 heterocycles. The summed E-state index contributed by atoms with van der Waals surface area (Å²) in [6, 6.07) is 5.74. The third kappa shape index (κ3) is 1.78. The van der Waals surface area contributed by atoms with Gasteiger partial charge in [-0.2, -0.15) is 0 Å². The minimum atomic E-state index is -0.809. The zero-order chi connectivity index (χ0) is 10.2. The molecule has 0 aliphatic carbocycles. The number of hydrogen-bond acceptors (Lipinski definition) is 2. The summed E-state index contributed by atoms with van der Waals surface area (Å²) in [6.07, 6.45) is 0.947. The second-order valence-electron chi connectivity index (χ2n) is 4.00. The predicted octanol–water partition coefficient (Wildman–Crippen LogP) is 1.69. The number of nitrogens with one attached hydrogen (secondary N) is 1. The molecule has 0 spiro atoms. The average Bonchev–Trinajstić information content (AvgIpc) is 2.26. The summed E-state index contributed by atoms with van der Waals surface area (Å²) in [6.45, 7) is 3.31. The van der Waals surface area contributed by atoms with Crippen LogP contribution >= 0.6 is 11.6 Å². The number of fused-ring (bicyclic) bond motifs is 1. The van der Waals surface area contributed by atoms with Crippen LogP contribution in [0.3, 0.4) is 0 Å². The van der Waals surface area contributed by atoms with Crippen molar-refractivity contribution in [1.29, 1.82) is 0 Å². The third-order valence-corrected chi connectivity index (χ3v) is 2.93. The van der Waals surface area contributed by atoms with E-state index in [-0.39, 0.29) is 0 Å². The Labute approximate surface area is 88.9 Å². The molecule has 0 aromatic heterocycles. The molecule has 2 nitrogen and oxygen atoms in total. The number of hydrogen-bond donors (Lipinski definition) is 2. The molecule has 1 aliphatic heterocycles. The molecule has 1 aliphatic rings. The maximum absolute atomic E-state index is 10.2. The largest absolute Gasteiger partial charge is 0.384 e. The zero-order valence-electron chi connectivity index (χ0n) is 8.18. The molecule has 2 N–H and O–H groups in total. The van der Waals surface area contributed by atoms with E-state index in [4.69, 9.17) is 11.6 Å². The van der Waals surface area contributed by atoms with Crippen molar-refractivity contribution in [2.75, 3.05) is 13.1 Å². The lowest BCUT2D eigenvalue weighted by Gasteiger charge is -2.23. The Balaban J connectivity index is 2.52. The Kier molecular flexibility index (Phi) is 2.52. The van der Waals surface area contributed by atoms with Crippen molar-refractivity contribution >= 4 is 11.6 Å². The van der Waals surface area contributed by atoms with Gasteiger partial charge in [-0.1, -0.05) is 17.7 Å². The quantitative estimate of drug-likeness (QED) is 0.685. The highest BCUT2D eigenvalue weighted by molar-refractivity contribution is 6.30. The van der Waals surface area contributed by atoms with Crippen LogP contribution in [0.5, 0.6) is 0 Å². The summed E-state index contributed by atoms with van der Waals surface area (Å²) in [4.78, 5) is 0. The van der Waals surface area contributed by atoms with E-state index < -0.39 is 5.60 Å². The summed E-state index contributed by atoms with van der Waals surface area (Å²) in [5.41, 5.74) is 1.33. The molecular formula is C11H14ClNO. The predicted molar refractivity (Wildman–Crippen MR) is 57.6 cm³/mol. The van der Waals surface area contributed by atoms with Crippen LogP contribution in [0.25, 0.3) is 0 Å². The molecule has 1 aromatic carbocycles. The van der Waals surface area contributed by atoms with E-state index in [1.165, 1.54) is 5.56 Å². The van der Waals surface area contributed by atoms with Gasteiger partial charge in [-0.05, 0) is 43.1 Å². The van der Waals surface area contributed by atoms with Crippen LogP contribution in [0.4, 0.5) is 0 Å². The Hall–Kier alpha value is -0.570. The molecule has 3 heteroatoms. The van der Waals surface area contributed by atoms with Crippen LogP contribution in [-0.4, -0.2) is 18.2 Å². The van der Waals surface area contributed by atoms with Crippen LogP contribution in [0.1, 0.15) is 18.1 Å². The number of β-amino-alcohol motifs (C(OH)–C–C–N with tert-alkyl or cyclic N) is 1. The lowest BCUT2D eigenvalue weighted by atomic mass is 9.91. The Morgan fingerprint density at radius 2 is 2.29 bits per heavy atom. The smallest absolute Gasteiger partial charge is 0.0995 e. The van der Waals surface area contributed by atoms with E-state index in [0.29, 0.717) is 11.6 Å². The molecule has 0 amide bonds. The highest BCUT2D eigenvalue weighted by Crippen LogP contribution is 2.28. The van der Waals surface area contributed by atoms with Crippen LogP contribution in [-0.2, 0) is 12.0 Å². The van der Waals surface area contributed by atoms with Crippen molar-refractivity contribution in [1.82, 2.24) is 5.32 Å². The molecule has 76 valence electrons. The molecule has 0 radical (unpaired) electrons. The van der Waals surface area contributed by atoms with E-state index in [1.54, 1.807) is 0 Å². The van der Waals surface area contributed by atoms with Crippen LogP contribution in [0.15, 0.2) is 18.2 Å².